The third-order valence-corrected chi connectivity index (χ3v) is 4.69. The Morgan fingerprint density at radius 1 is 1.20 bits per heavy atom. The molecule has 1 unspecified atom stereocenters. The van der Waals surface area contributed by atoms with E-state index in [9.17, 15) is 0 Å². The number of hydrogen-bond donors (Lipinski definition) is 1. The van der Waals surface area contributed by atoms with Gasteiger partial charge < -0.3 is 5.73 Å². The van der Waals surface area contributed by atoms with E-state index in [0.717, 1.165) is 13.1 Å². The summed E-state index contributed by atoms with van der Waals surface area (Å²) in [5.74, 6) is 0. The Balaban J connectivity index is 2.25. The Kier molecular flexibility index (Phi) is 4.55. The number of nitrogens with two attached hydrogens (primary N) is 1. The molecule has 2 heteroatoms. The summed E-state index contributed by atoms with van der Waals surface area (Å²) in [5, 5.41) is 0. The average molecular weight is 274 g/mol. The van der Waals surface area contributed by atoms with Crippen molar-refractivity contribution in [2.24, 2.45) is 5.73 Å². The van der Waals surface area contributed by atoms with Crippen molar-refractivity contribution in [1.82, 2.24) is 4.90 Å². The van der Waals surface area contributed by atoms with E-state index in [1.165, 1.54) is 41.6 Å². The number of aryl methyl sites for hydroxylation is 2. The lowest BCUT2D eigenvalue weighted by Gasteiger charge is -2.27. The Labute approximate surface area is 124 Å². The summed E-state index contributed by atoms with van der Waals surface area (Å²) in [6.07, 6.45) is 2.55. The largest absolute Gasteiger partial charge is 0.329 e. The molecule has 0 bridgehead atoms. The zero-order chi connectivity index (χ0) is 14.9. The van der Waals surface area contributed by atoms with Gasteiger partial charge in [0.05, 0.1) is 0 Å². The Hall–Kier alpha value is -0.860. The van der Waals surface area contributed by atoms with Crippen LogP contribution in [0.25, 0.3) is 0 Å². The zero-order valence-electron chi connectivity index (χ0n) is 13.8. The molecule has 0 aliphatic carbocycles. The van der Waals surface area contributed by atoms with E-state index in [2.05, 4.69) is 51.7 Å². The first-order valence-corrected chi connectivity index (χ1v) is 7.87. The van der Waals surface area contributed by atoms with Gasteiger partial charge in [-0.05, 0) is 60.9 Å². The van der Waals surface area contributed by atoms with Crippen LogP contribution in [-0.2, 0) is 12.0 Å². The van der Waals surface area contributed by atoms with Gasteiger partial charge in [-0.3, -0.25) is 4.90 Å². The Bertz CT molecular complexity index is 448. The van der Waals surface area contributed by atoms with Crippen LogP contribution >= 0.6 is 0 Å². The smallest absolute Gasteiger partial charge is 0.0242 e. The highest BCUT2D eigenvalue weighted by atomic mass is 15.2. The van der Waals surface area contributed by atoms with Gasteiger partial charge >= 0.3 is 0 Å². The molecule has 1 aliphatic rings. The van der Waals surface area contributed by atoms with E-state index < -0.39 is 0 Å². The van der Waals surface area contributed by atoms with E-state index in [1.54, 1.807) is 0 Å². The molecular formula is C18H30N2. The highest BCUT2D eigenvalue weighted by Gasteiger charge is 2.24. The molecule has 1 aromatic rings. The minimum atomic E-state index is 0.224. The lowest BCUT2D eigenvalue weighted by molar-refractivity contribution is 0.249. The first-order valence-electron chi connectivity index (χ1n) is 7.87. The lowest BCUT2D eigenvalue weighted by atomic mass is 9.83. The van der Waals surface area contributed by atoms with Gasteiger partial charge in [0.15, 0.2) is 0 Å². The fraction of sp³-hybridized carbons (Fsp3) is 0.667. The third-order valence-electron chi connectivity index (χ3n) is 4.69. The van der Waals surface area contributed by atoms with E-state index in [4.69, 9.17) is 5.73 Å². The van der Waals surface area contributed by atoms with E-state index in [1.807, 2.05) is 0 Å². The average Bonchev–Trinajstić information content (AvgIpc) is 2.79. The second-order valence-electron chi connectivity index (χ2n) is 7.34. The molecule has 0 saturated carbocycles. The number of benzene rings is 1. The first kappa shape index (κ1) is 15.5. The van der Waals surface area contributed by atoms with Crippen LogP contribution < -0.4 is 5.73 Å². The lowest BCUT2D eigenvalue weighted by Crippen LogP contribution is -2.35. The van der Waals surface area contributed by atoms with E-state index >= 15 is 0 Å². The van der Waals surface area contributed by atoms with Gasteiger partial charge in [-0.2, -0.15) is 0 Å². The van der Waals surface area contributed by atoms with Gasteiger partial charge in [-0.25, -0.2) is 0 Å². The minimum Gasteiger partial charge on any atom is -0.329 e. The first-order chi connectivity index (χ1) is 9.32. The molecule has 0 spiro atoms. The topological polar surface area (TPSA) is 29.3 Å². The molecule has 1 atom stereocenters. The van der Waals surface area contributed by atoms with Crippen LogP contribution in [0.2, 0.25) is 0 Å². The van der Waals surface area contributed by atoms with Crippen LogP contribution in [-0.4, -0.2) is 24.0 Å². The van der Waals surface area contributed by atoms with Gasteiger partial charge in [0.2, 0.25) is 0 Å². The van der Waals surface area contributed by atoms with Crippen LogP contribution in [0.1, 0.15) is 55.9 Å². The van der Waals surface area contributed by atoms with Crippen LogP contribution in [0, 0.1) is 13.8 Å². The van der Waals surface area contributed by atoms with Crippen molar-refractivity contribution in [3.63, 3.8) is 0 Å². The molecule has 1 heterocycles. The van der Waals surface area contributed by atoms with Crippen LogP contribution in [0.5, 0.6) is 0 Å². The van der Waals surface area contributed by atoms with Crippen molar-refractivity contribution in [2.45, 2.75) is 65.5 Å². The molecule has 2 rings (SSSR count). The molecule has 1 fully saturated rings. The maximum Gasteiger partial charge on any atom is 0.0242 e. The molecular weight excluding hydrogens is 244 g/mol. The standard InChI is InChI=1S/C18H30N2/c1-13-9-15(18(3,4)5)10-14(2)17(13)12-20-8-6-7-16(20)11-19/h9-10,16H,6-8,11-12,19H2,1-5H3. The van der Waals surface area contributed by atoms with Gasteiger partial charge in [0, 0.05) is 19.1 Å². The molecule has 20 heavy (non-hydrogen) atoms. The minimum absolute atomic E-state index is 0.224. The number of hydrogen-bond acceptors (Lipinski definition) is 2. The molecule has 1 aliphatic heterocycles. The Morgan fingerprint density at radius 2 is 1.80 bits per heavy atom. The normalized spacial score (nSPS) is 20.6. The summed E-state index contributed by atoms with van der Waals surface area (Å²) in [5.41, 5.74) is 11.9. The number of nitrogens with zero attached hydrogens (tertiary/aromatic N) is 1. The van der Waals surface area contributed by atoms with E-state index in [-0.39, 0.29) is 5.41 Å². The summed E-state index contributed by atoms with van der Waals surface area (Å²) in [7, 11) is 0. The number of rotatable bonds is 3. The number of likely N-dealkylation sites (tertiary alicyclic amines) is 1. The summed E-state index contributed by atoms with van der Waals surface area (Å²) < 4.78 is 0. The molecule has 2 N–H and O–H groups in total. The van der Waals surface area contributed by atoms with Crippen molar-refractivity contribution in [1.29, 1.82) is 0 Å². The Morgan fingerprint density at radius 3 is 2.30 bits per heavy atom. The van der Waals surface area contributed by atoms with Crippen molar-refractivity contribution >= 4 is 0 Å². The summed E-state index contributed by atoms with van der Waals surface area (Å²) in [4.78, 5) is 2.56. The second-order valence-corrected chi connectivity index (χ2v) is 7.34. The molecule has 2 nitrogen and oxygen atoms in total. The zero-order valence-corrected chi connectivity index (χ0v) is 13.8. The fourth-order valence-electron chi connectivity index (χ4n) is 3.25. The molecule has 0 radical (unpaired) electrons. The van der Waals surface area contributed by atoms with Crippen LogP contribution in [0.3, 0.4) is 0 Å². The summed E-state index contributed by atoms with van der Waals surface area (Å²) in [6.45, 7) is 14.4. The predicted octanol–water partition coefficient (Wildman–Crippen LogP) is 3.52. The monoisotopic (exact) mass is 274 g/mol. The second kappa shape index (κ2) is 5.87. The maximum absolute atomic E-state index is 5.89. The predicted molar refractivity (Wildman–Crippen MR) is 87.1 cm³/mol. The quantitative estimate of drug-likeness (QED) is 0.913. The summed E-state index contributed by atoms with van der Waals surface area (Å²) >= 11 is 0. The van der Waals surface area contributed by atoms with Crippen LogP contribution in [0.15, 0.2) is 12.1 Å². The van der Waals surface area contributed by atoms with Gasteiger partial charge in [-0.15, -0.1) is 0 Å². The van der Waals surface area contributed by atoms with Crippen molar-refractivity contribution in [3.8, 4) is 0 Å². The SMILES string of the molecule is Cc1cc(C(C)(C)C)cc(C)c1CN1CCCC1CN. The van der Waals surface area contributed by atoms with Crippen LogP contribution in [0.4, 0.5) is 0 Å². The molecule has 112 valence electrons. The fourth-order valence-corrected chi connectivity index (χ4v) is 3.25. The van der Waals surface area contributed by atoms with Crippen molar-refractivity contribution < 1.29 is 0 Å². The highest BCUT2D eigenvalue weighted by Crippen LogP contribution is 2.29. The molecule has 0 aromatic heterocycles. The molecule has 0 amide bonds. The highest BCUT2D eigenvalue weighted by molar-refractivity contribution is 5.40. The molecule has 1 aromatic carbocycles. The van der Waals surface area contributed by atoms with Gasteiger partial charge in [0.1, 0.15) is 0 Å². The molecule has 1 saturated heterocycles. The van der Waals surface area contributed by atoms with E-state index in [0.29, 0.717) is 6.04 Å². The van der Waals surface area contributed by atoms with Crippen molar-refractivity contribution in [3.05, 3.63) is 34.4 Å². The third kappa shape index (κ3) is 3.24. The van der Waals surface area contributed by atoms with Crippen molar-refractivity contribution in [2.75, 3.05) is 13.1 Å². The van der Waals surface area contributed by atoms with Gasteiger partial charge in [0.25, 0.3) is 0 Å². The summed E-state index contributed by atoms with van der Waals surface area (Å²) in [6, 6.07) is 5.32. The van der Waals surface area contributed by atoms with Gasteiger partial charge in [-0.1, -0.05) is 32.9 Å². The maximum atomic E-state index is 5.89.